The second kappa shape index (κ2) is 16.9. The SMILES string of the molecule is CSCCC(NC(=O)C(CO)NC(=O)C(N)Cc1ccccc1)C(=O)NC(CCCCN)C(=O)O. The van der Waals surface area contributed by atoms with Crippen LogP contribution in [0.15, 0.2) is 30.3 Å². The van der Waals surface area contributed by atoms with Gasteiger partial charge in [-0.15, -0.1) is 0 Å². The molecule has 11 nitrogen and oxygen atoms in total. The summed E-state index contributed by atoms with van der Waals surface area (Å²) in [6, 6.07) is 4.67. The summed E-state index contributed by atoms with van der Waals surface area (Å²) in [6.45, 7) is -0.292. The number of carbonyl (C=O) groups is 4. The topological polar surface area (TPSA) is 197 Å². The molecule has 0 heterocycles. The van der Waals surface area contributed by atoms with Crippen molar-refractivity contribution in [3.63, 3.8) is 0 Å². The number of carbonyl (C=O) groups excluding carboxylic acids is 3. The van der Waals surface area contributed by atoms with Gasteiger partial charge in [0, 0.05) is 0 Å². The maximum atomic E-state index is 12.8. The van der Waals surface area contributed by atoms with Gasteiger partial charge in [-0.2, -0.15) is 11.8 Å². The molecule has 4 unspecified atom stereocenters. The minimum Gasteiger partial charge on any atom is -0.480 e. The van der Waals surface area contributed by atoms with Gasteiger partial charge in [0.15, 0.2) is 0 Å². The Morgan fingerprint density at radius 1 is 0.914 bits per heavy atom. The number of aliphatic hydroxyl groups is 1. The lowest BCUT2D eigenvalue weighted by Gasteiger charge is -2.24. The van der Waals surface area contributed by atoms with Crippen molar-refractivity contribution in [1.82, 2.24) is 16.0 Å². The summed E-state index contributed by atoms with van der Waals surface area (Å²) in [5.41, 5.74) is 12.2. The van der Waals surface area contributed by atoms with Crippen LogP contribution in [0, 0.1) is 0 Å². The molecule has 196 valence electrons. The van der Waals surface area contributed by atoms with E-state index in [0.717, 1.165) is 5.56 Å². The molecule has 1 aromatic rings. The zero-order valence-corrected chi connectivity index (χ0v) is 20.8. The molecule has 4 atom stereocenters. The second-order valence-corrected chi connectivity index (χ2v) is 9.05. The average molecular weight is 512 g/mol. The molecule has 0 radical (unpaired) electrons. The number of nitrogens with one attached hydrogen (secondary N) is 3. The first-order valence-electron chi connectivity index (χ1n) is 11.5. The molecule has 0 saturated carbocycles. The van der Waals surface area contributed by atoms with E-state index in [4.69, 9.17) is 11.5 Å². The molecule has 0 fully saturated rings. The third kappa shape index (κ3) is 11.5. The van der Waals surface area contributed by atoms with E-state index in [9.17, 15) is 29.4 Å². The normalized spacial score (nSPS) is 14.3. The average Bonchev–Trinajstić information content (AvgIpc) is 2.84. The lowest BCUT2D eigenvalue weighted by Crippen LogP contribution is -2.58. The molecule has 0 spiro atoms. The highest BCUT2D eigenvalue weighted by Crippen LogP contribution is 2.06. The van der Waals surface area contributed by atoms with Gasteiger partial charge in [-0.3, -0.25) is 14.4 Å². The van der Waals surface area contributed by atoms with Crippen LogP contribution in [-0.2, 0) is 25.6 Å². The Morgan fingerprint density at radius 3 is 2.09 bits per heavy atom. The highest BCUT2D eigenvalue weighted by molar-refractivity contribution is 7.98. The maximum absolute atomic E-state index is 12.8. The highest BCUT2D eigenvalue weighted by Gasteiger charge is 2.29. The summed E-state index contributed by atoms with van der Waals surface area (Å²) < 4.78 is 0. The fraction of sp³-hybridized carbons (Fsp3) is 0.565. The number of hydrogen-bond donors (Lipinski definition) is 7. The summed E-state index contributed by atoms with van der Waals surface area (Å²) in [5, 5.41) is 26.5. The molecule has 0 saturated heterocycles. The van der Waals surface area contributed by atoms with Crippen molar-refractivity contribution in [3.8, 4) is 0 Å². The molecule has 1 aromatic carbocycles. The van der Waals surface area contributed by atoms with Crippen molar-refractivity contribution in [2.24, 2.45) is 11.5 Å². The maximum Gasteiger partial charge on any atom is 0.326 e. The minimum absolute atomic E-state index is 0.204. The molecular formula is C23H37N5O6S. The van der Waals surface area contributed by atoms with E-state index in [1.165, 1.54) is 11.8 Å². The zero-order valence-electron chi connectivity index (χ0n) is 19.9. The Hall–Kier alpha value is -2.67. The summed E-state index contributed by atoms with van der Waals surface area (Å²) in [4.78, 5) is 49.5. The van der Waals surface area contributed by atoms with Gasteiger partial charge in [-0.05, 0) is 56.2 Å². The number of rotatable bonds is 17. The quantitative estimate of drug-likeness (QED) is 0.128. The van der Waals surface area contributed by atoms with Crippen molar-refractivity contribution in [3.05, 3.63) is 35.9 Å². The third-order valence-corrected chi connectivity index (χ3v) is 5.90. The fourth-order valence-corrected chi connectivity index (χ4v) is 3.70. The minimum atomic E-state index is -1.33. The largest absolute Gasteiger partial charge is 0.480 e. The molecule has 9 N–H and O–H groups in total. The molecule has 0 aliphatic carbocycles. The van der Waals surface area contributed by atoms with Crippen LogP contribution in [-0.4, -0.2) is 83.2 Å². The molecular weight excluding hydrogens is 474 g/mol. The number of nitrogens with two attached hydrogens (primary N) is 2. The van der Waals surface area contributed by atoms with Crippen LogP contribution in [0.4, 0.5) is 0 Å². The van der Waals surface area contributed by atoms with E-state index in [1.807, 2.05) is 36.6 Å². The number of carboxylic acid groups (broad SMARTS) is 1. The fourth-order valence-electron chi connectivity index (χ4n) is 3.23. The van der Waals surface area contributed by atoms with Crippen LogP contribution in [0.3, 0.4) is 0 Å². The summed E-state index contributed by atoms with van der Waals surface area (Å²) in [5.74, 6) is -2.72. The second-order valence-electron chi connectivity index (χ2n) is 8.07. The standard InChI is InChI=1S/C23H37N5O6S/c1-35-12-10-17(21(31)27-18(23(33)34)9-5-6-11-24)26-22(32)19(14-29)28-20(30)16(25)13-15-7-3-2-4-8-15/h2-4,7-8,16-19,29H,5-6,9-14,24-25H2,1H3,(H,26,32)(H,27,31)(H,28,30)(H,33,34). The number of carboxylic acids is 1. The highest BCUT2D eigenvalue weighted by atomic mass is 32.2. The Bertz CT molecular complexity index is 813. The first-order valence-corrected chi connectivity index (χ1v) is 12.9. The summed E-state index contributed by atoms with van der Waals surface area (Å²) in [7, 11) is 0. The molecule has 0 aliphatic rings. The molecule has 0 bridgehead atoms. The van der Waals surface area contributed by atoms with Crippen LogP contribution in [0.25, 0.3) is 0 Å². The van der Waals surface area contributed by atoms with Gasteiger partial charge in [0.1, 0.15) is 18.1 Å². The van der Waals surface area contributed by atoms with Crippen LogP contribution >= 0.6 is 11.8 Å². The smallest absolute Gasteiger partial charge is 0.326 e. The molecule has 0 aliphatic heterocycles. The van der Waals surface area contributed by atoms with Gasteiger partial charge in [-0.25, -0.2) is 4.79 Å². The van der Waals surface area contributed by atoms with Crippen LogP contribution in [0.5, 0.6) is 0 Å². The van der Waals surface area contributed by atoms with Crippen LogP contribution in [0.2, 0.25) is 0 Å². The van der Waals surface area contributed by atoms with E-state index in [1.54, 1.807) is 0 Å². The van der Waals surface area contributed by atoms with Crippen molar-refractivity contribution >= 4 is 35.5 Å². The Labute approximate surface area is 209 Å². The number of hydrogen-bond acceptors (Lipinski definition) is 8. The van der Waals surface area contributed by atoms with Gasteiger partial charge >= 0.3 is 5.97 Å². The van der Waals surface area contributed by atoms with Gasteiger partial charge < -0.3 is 37.6 Å². The Morgan fingerprint density at radius 2 is 1.51 bits per heavy atom. The number of benzene rings is 1. The summed E-state index contributed by atoms with van der Waals surface area (Å²) in [6.07, 6.45) is 3.65. The first-order chi connectivity index (χ1) is 16.7. The van der Waals surface area contributed by atoms with Crippen molar-refractivity contribution in [2.75, 3.05) is 25.2 Å². The molecule has 3 amide bonds. The van der Waals surface area contributed by atoms with E-state index < -0.39 is 54.5 Å². The third-order valence-electron chi connectivity index (χ3n) is 5.26. The van der Waals surface area contributed by atoms with E-state index in [0.29, 0.717) is 25.1 Å². The Kier molecular flexibility index (Phi) is 14.6. The number of aliphatic hydroxyl groups excluding tert-OH is 1. The van der Waals surface area contributed by atoms with E-state index >= 15 is 0 Å². The number of unbranched alkanes of at least 4 members (excludes halogenated alkanes) is 1. The lowest BCUT2D eigenvalue weighted by molar-refractivity contribution is -0.142. The first kappa shape index (κ1) is 30.4. The van der Waals surface area contributed by atoms with Gasteiger partial charge in [0.2, 0.25) is 17.7 Å². The molecule has 35 heavy (non-hydrogen) atoms. The predicted molar refractivity (Wildman–Crippen MR) is 135 cm³/mol. The van der Waals surface area contributed by atoms with Crippen molar-refractivity contribution < 1.29 is 29.4 Å². The van der Waals surface area contributed by atoms with Gasteiger partial charge in [0.25, 0.3) is 0 Å². The lowest BCUT2D eigenvalue weighted by atomic mass is 10.1. The molecule has 1 rings (SSSR count). The van der Waals surface area contributed by atoms with E-state index in [-0.39, 0.29) is 19.3 Å². The van der Waals surface area contributed by atoms with Crippen molar-refractivity contribution in [1.29, 1.82) is 0 Å². The molecule has 12 heteroatoms. The van der Waals surface area contributed by atoms with Gasteiger partial charge in [-0.1, -0.05) is 30.3 Å². The zero-order chi connectivity index (χ0) is 26.2. The number of thioether (sulfide) groups is 1. The predicted octanol–water partition coefficient (Wildman–Crippen LogP) is -1.03. The monoisotopic (exact) mass is 511 g/mol. The number of aliphatic carboxylic acids is 1. The van der Waals surface area contributed by atoms with Gasteiger partial charge in [0.05, 0.1) is 12.6 Å². The number of amides is 3. The van der Waals surface area contributed by atoms with Crippen LogP contribution < -0.4 is 27.4 Å². The summed E-state index contributed by atoms with van der Waals surface area (Å²) >= 11 is 1.45. The van der Waals surface area contributed by atoms with Crippen molar-refractivity contribution in [2.45, 2.75) is 56.3 Å². The van der Waals surface area contributed by atoms with E-state index in [2.05, 4.69) is 16.0 Å². The van der Waals surface area contributed by atoms with Crippen LogP contribution in [0.1, 0.15) is 31.2 Å². The molecule has 0 aromatic heterocycles. The Balaban J connectivity index is 2.78.